The number of hydrogen-bond acceptors (Lipinski definition) is 7. The number of pyridine rings is 1. The first-order chi connectivity index (χ1) is 16.6. The number of nitrogens with zero attached hydrogens (tertiary/aromatic N) is 4. The number of nitrogens with one attached hydrogen (secondary N) is 1. The van der Waals surface area contributed by atoms with Gasteiger partial charge in [-0.2, -0.15) is 0 Å². The third-order valence-electron chi connectivity index (χ3n) is 5.58. The largest absolute Gasteiger partial charge is 0.454 e. The predicted octanol–water partition coefficient (Wildman–Crippen LogP) is 4.08. The van der Waals surface area contributed by atoms with Crippen LogP contribution in [0.3, 0.4) is 0 Å². The molecule has 0 radical (unpaired) electrons. The van der Waals surface area contributed by atoms with E-state index in [9.17, 15) is 4.79 Å². The van der Waals surface area contributed by atoms with Crippen LogP contribution >= 0.6 is 11.8 Å². The summed E-state index contributed by atoms with van der Waals surface area (Å²) in [6.45, 7) is 4.79. The van der Waals surface area contributed by atoms with Gasteiger partial charge in [0.25, 0.3) is 0 Å². The lowest BCUT2D eigenvalue weighted by Crippen LogP contribution is -2.24. The molecular weight excluding hydrogens is 450 g/mol. The third kappa shape index (κ3) is 4.60. The maximum absolute atomic E-state index is 12.6. The Morgan fingerprint density at radius 3 is 2.65 bits per heavy atom. The predicted molar refractivity (Wildman–Crippen MR) is 129 cm³/mol. The van der Waals surface area contributed by atoms with Crippen LogP contribution in [-0.2, 0) is 11.3 Å². The van der Waals surface area contributed by atoms with Gasteiger partial charge in [-0.15, -0.1) is 10.2 Å². The molecule has 0 saturated carbocycles. The smallest absolute Gasteiger partial charge is 0.231 e. The first-order valence-corrected chi connectivity index (χ1v) is 11.8. The second-order valence-corrected chi connectivity index (χ2v) is 8.84. The van der Waals surface area contributed by atoms with Gasteiger partial charge in [-0.05, 0) is 66.9 Å². The molecule has 0 atom stereocenters. The summed E-state index contributed by atoms with van der Waals surface area (Å²) in [4.78, 5) is 16.7. The zero-order valence-electron chi connectivity index (χ0n) is 18.8. The number of aromatic nitrogens is 4. The van der Waals surface area contributed by atoms with Gasteiger partial charge in [0.1, 0.15) is 0 Å². The Labute approximate surface area is 201 Å². The van der Waals surface area contributed by atoms with Gasteiger partial charge in [-0.3, -0.25) is 14.3 Å². The lowest BCUT2D eigenvalue weighted by Gasteiger charge is -2.12. The summed E-state index contributed by atoms with van der Waals surface area (Å²) in [5.74, 6) is 2.24. The van der Waals surface area contributed by atoms with Crippen molar-refractivity contribution in [3.05, 3.63) is 77.6 Å². The highest BCUT2D eigenvalue weighted by atomic mass is 32.2. The molecule has 0 unspecified atom stereocenters. The molecule has 4 aromatic rings. The Bertz CT molecular complexity index is 1340. The molecule has 0 spiro atoms. The van der Waals surface area contributed by atoms with Crippen LogP contribution in [0.15, 0.2) is 66.1 Å². The van der Waals surface area contributed by atoms with Crippen LogP contribution in [0.25, 0.3) is 17.1 Å². The van der Waals surface area contributed by atoms with Gasteiger partial charge in [0.15, 0.2) is 22.5 Å². The lowest BCUT2D eigenvalue weighted by atomic mass is 10.1. The van der Waals surface area contributed by atoms with E-state index in [0.29, 0.717) is 23.3 Å². The van der Waals surface area contributed by atoms with Crippen molar-refractivity contribution in [3.8, 4) is 28.6 Å². The van der Waals surface area contributed by atoms with Crippen molar-refractivity contribution < 1.29 is 14.3 Å². The zero-order valence-corrected chi connectivity index (χ0v) is 19.6. The summed E-state index contributed by atoms with van der Waals surface area (Å²) in [7, 11) is 0. The van der Waals surface area contributed by atoms with E-state index >= 15 is 0 Å². The number of benzene rings is 2. The van der Waals surface area contributed by atoms with Gasteiger partial charge in [0.05, 0.1) is 11.4 Å². The molecule has 0 fully saturated rings. The van der Waals surface area contributed by atoms with Gasteiger partial charge < -0.3 is 14.8 Å². The monoisotopic (exact) mass is 473 g/mol. The fourth-order valence-corrected chi connectivity index (χ4v) is 4.36. The molecule has 172 valence electrons. The van der Waals surface area contributed by atoms with Crippen LogP contribution in [0.1, 0.15) is 16.7 Å². The quantitative estimate of drug-likeness (QED) is 0.404. The molecular formula is C25H23N5O3S. The number of amides is 1. The first kappa shape index (κ1) is 22.0. The number of thioether (sulfide) groups is 1. The molecule has 0 bridgehead atoms. The number of rotatable bonds is 7. The highest BCUT2D eigenvalue weighted by molar-refractivity contribution is 7.99. The Hall–Kier alpha value is -3.85. The summed E-state index contributed by atoms with van der Waals surface area (Å²) < 4.78 is 12.7. The summed E-state index contributed by atoms with van der Waals surface area (Å²) in [5.41, 5.74) is 5.17. The van der Waals surface area contributed by atoms with E-state index < -0.39 is 0 Å². The van der Waals surface area contributed by atoms with E-state index in [1.807, 2.05) is 41.0 Å². The average molecular weight is 474 g/mol. The van der Waals surface area contributed by atoms with Crippen LogP contribution < -0.4 is 14.8 Å². The van der Waals surface area contributed by atoms with Gasteiger partial charge in [-0.25, -0.2) is 0 Å². The molecule has 0 saturated heterocycles. The van der Waals surface area contributed by atoms with E-state index in [-0.39, 0.29) is 18.5 Å². The summed E-state index contributed by atoms with van der Waals surface area (Å²) in [6, 6.07) is 15.7. The minimum atomic E-state index is -0.0947. The second kappa shape index (κ2) is 9.56. The van der Waals surface area contributed by atoms with Crippen LogP contribution in [0, 0.1) is 13.8 Å². The minimum absolute atomic E-state index is 0.0947. The van der Waals surface area contributed by atoms with E-state index in [0.717, 1.165) is 22.6 Å². The maximum Gasteiger partial charge on any atom is 0.231 e. The number of hydrogen-bond donors (Lipinski definition) is 1. The molecule has 0 aliphatic carbocycles. The molecule has 1 amide bonds. The van der Waals surface area contributed by atoms with Crippen LogP contribution in [0.4, 0.5) is 0 Å². The van der Waals surface area contributed by atoms with Crippen molar-refractivity contribution in [2.45, 2.75) is 25.5 Å². The van der Waals surface area contributed by atoms with Crippen LogP contribution in [0.5, 0.6) is 11.5 Å². The fraction of sp³-hybridized carbons (Fsp3) is 0.200. The number of aryl methyl sites for hydroxylation is 2. The Kier molecular flexibility index (Phi) is 6.18. The third-order valence-corrected chi connectivity index (χ3v) is 6.51. The summed E-state index contributed by atoms with van der Waals surface area (Å²) in [6.07, 6.45) is 3.45. The lowest BCUT2D eigenvalue weighted by molar-refractivity contribution is -0.118. The molecule has 8 nitrogen and oxygen atoms in total. The van der Waals surface area contributed by atoms with Crippen molar-refractivity contribution in [1.82, 2.24) is 25.1 Å². The average Bonchev–Trinajstić information content (AvgIpc) is 3.50. The Morgan fingerprint density at radius 2 is 1.82 bits per heavy atom. The fourth-order valence-electron chi connectivity index (χ4n) is 3.58. The molecule has 9 heteroatoms. The van der Waals surface area contributed by atoms with Crippen molar-refractivity contribution in [2.24, 2.45) is 0 Å². The molecule has 2 aromatic heterocycles. The minimum Gasteiger partial charge on any atom is -0.454 e. The molecule has 5 rings (SSSR count). The maximum atomic E-state index is 12.6. The highest BCUT2D eigenvalue weighted by Gasteiger charge is 2.18. The molecule has 2 aromatic carbocycles. The van der Waals surface area contributed by atoms with Crippen LogP contribution in [0.2, 0.25) is 0 Å². The van der Waals surface area contributed by atoms with Gasteiger partial charge in [0, 0.05) is 24.5 Å². The SMILES string of the molecule is Cc1ccc(-n2c(SCC(=O)NCc3ccc4c(c3)OCO4)nnc2-c2ccncc2)cc1C. The van der Waals surface area contributed by atoms with Crippen molar-refractivity contribution in [1.29, 1.82) is 0 Å². The molecule has 3 heterocycles. The summed E-state index contributed by atoms with van der Waals surface area (Å²) >= 11 is 1.35. The molecule has 34 heavy (non-hydrogen) atoms. The molecule has 1 aliphatic heterocycles. The highest BCUT2D eigenvalue weighted by Crippen LogP contribution is 2.32. The first-order valence-electron chi connectivity index (χ1n) is 10.8. The normalized spacial score (nSPS) is 12.1. The van der Waals surface area contributed by atoms with E-state index in [1.165, 1.54) is 22.9 Å². The molecule has 1 N–H and O–H groups in total. The second-order valence-electron chi connectivity index (χ2n) is 7.90. The van der Waals surface area contributed by atoms with Crippen molar-refractivity contribution >= 4 is 17.7 Å². The van der Waals surface area contributed by atoms with E-state index in [2.05, 4.69) is 46.5 Å². The zero-order chi connectivity index (χ0) is 23.5. The van der Waals surface area contributed by atoms with Gasteiger partial charge in [-0.1, -0.05) is 23.9 Å². The molecule has 1 aliphatic rings. The standard InChI is InChI=1S/C25H23N5O3S/c1-16-3-5-20(11-17(16)2)30-24(19-7-9-26-10-8-19)28-29-25(30)34-14-23(31)27-13-18-4-6-21-22(12-18)33-15-32-21/h3-12H,13-15H2,1-2H3,(H,27,31). The van der Waals surface area contributed by atoms with Gasteiger partial charge in [0.2, 0.25) is 12.7 Å². The Balaban J connectivity index is 1.32. The van der Waals surface area contributed by atoms with E-state index in [1.54, 1.807) is 12.4 Å². The number of ether oxygens (including phenoxy) is 2. The van der Waals surface area contributed by atoms with E-state index in [4.69, 9.17) is 9.47 Å². The van der Waals surface area contributed by atoms with Gasteiger partial charge >= 0.3 is 0 Å². The Morgan fingerprint density at radius 1 is 1.00 bits per heavy atom. The number of carbonyl (C=O) groups excluding carboxylic acids is 1. The number of carbonyl (C=O) groups is 1. The summed E-state index contributed by atoms with van der Waals surface area (Å²) in [5, 5.41) is 12.4. The number of fused-ring (bicyclic) bond motifs is 1. The van der Waals surface area contributed by atoms with Crippen LogP contribution in [-0.4, -0.2) is 38.2 Å². The topological polar surface area (TPSA) is 91.2 Å². The van der Waals surface area contributed by atoms with Crippen molar-refractivity contribution in [2.75, 3.05) is 12.5 Å². The van der Waals surface area contributed by atoms with Crippen molar-refractivity contribution in [3.63, 3.8) is 0 Å².